The van der Waals surface area contributed by atoms with Crippen LogP contribution in [0.5, 0.6) is 0 Å². The van der Waals surface area contributed by atoms with Crippen molar-refractivity contribution in [2.45, 2.75) is 37.6 Å². The number of hydrogen-bond acceptors (Lipinski definition) is 5. The number of thiazole rings is 1. The predicted molar refractivity (Wildman–Crippen MR) is 157 cm³/mol. The van der Waals surface area contributed by atoms with Gasteiger partial charge >= 0.3 is 4.87 Å². The Morgan fingerprint density at radius 2 is 1.56 bits per heavy atom. The fourth-order valence-electron chi connectivity index (χ4n) is 4.36. The van der Waals surface area contributed by atoms with Gasteiger partial charge in [0.05, 0.1) is 21.7 Å². The molecular formula is C31H28N2O4S2. The number of anilines is 1. The lowest BCUT2D eigenvalue weighted by Crippen LogP contribution is -2.14. The average Bonchev–Trinajstić information content (AvgIpc) is 3.22. The highest BCUT2D eigenvalue weighted by Gasteiger charge is 2.19. The van der Waals surface area contributed by atoms with E-state index in [0.29, 0.717) is 27.9 Å². The van der Waals surface area contributed by atoms with Crippen LogP contribution in [0.15, 0.2) is 107 Å². The van der Waals surface area contributed by atoms with Crippen molar-refractivity contribution in [3.63, 3.8) is 0 Å². The number of benzene rings is 4. The minimum absolute atomic E-state index is 0.0245. The van der Waals surface area contributed by atoms with Crippen LogP contribution in [0, 0.1) is 0 Å². The number of carbonyl (C=O) groups excluding carboxylic acids is 1. The van der Waals surface area contributed by atoms with Crippen LogP contribution in [0.1, 0.15) is 47.8 Å². The topological polar surface area (TPSA) is 85.2 Å². The molecule has 0 aliphatic carbocycles. The summed E-state index contributed by atoms with van der Waals surface area (Å²) >= 11 is 1.01. The molecule has 0 fully saturated rings. The highest BCUT2D eigenvalue weighted by atomic mass is 32.2. The summed E-state index contributed by atoms with van der Waals surface area (Å²) in [5.74, 6) is -0.192. The molecule has 5 aromatic rings. The summed E-state index contributed by atoms with van der Waals surface area (Å²) in [5, 5.41) is 0. The SMILES string of the molecule is CC(C)(C)c1ccc(C(=O)c2cccc(NS(=O)(=O)c3ccc4c(c3)sc(=O)n4Cc3ccccc3)c2)cc1. The molecule has 0 aliphatic heterocycles. The van der Waals surface area contributed by atoms with Gasteiger partial charge in [-0.15, -0.1) is 0 Å². The fourth-order valence-corrected chi connectivity index (χ4v) is 6.44. The standard InChI is InChI=1S/C31H28N2O4S2/c1-31(2,3)24-14-12-22(13-15-24)29(34)23-10-7-11-25(18-23)32-39(36,37)26-16-17-27-28(19-26)38-30(35)33(27)20-21-8-5-4-6-9-21/h4-19,32H,20H2,1-3H3. The zero-order chi connectivity index (χ0) is 27.8. The van der Waals surface area contributed by atoms with Crippen molar-refractivity contribution in [2.24, 2.45) is 0 Å². The Labute approximate surface area is 231 Å². The van der Waals surface area contributed by atoms with Crippen molar-refractivity contribution < 1.29 is 13.2 Å². The first-order chi connectivity index (χ1) is 18.5. The van der Waals surface area contributed by atoms with Crippen molar-refractivity contribution in [2.75, 3.05) is 4.72 Å². The Morgan fingerprint density at radius 1 is 0.846 bits per heavy atom. The van der Waals surface area contributed by atoms with Crippen LogP contribution < -0.4 is 9.60 Å². The van der Waals surface area contributed by atoms with Gasteiger partial charge in [0.25, 0.3) is 10.0 Å². The van der Waals surface area contributed by atoms with E-state index in [-0.39, 0.29) is 26.7 Å². The van der Waals surface area contributed by atoms with Crippen LogP contribution in [0.2, 0.25) is 0 Å². The lowest BCUT2D eigenvalue weighted by atomic mass is 9.86. The van der Waals surface area contributed by atoms with Gasteiger partial charge in [-0.2, -0.15) is 0 Å². The normalized spacial score (nSPS) is 12.0. The minimum Gasteiger partial charge on any atom is -0.294 e. The summed E-state index contributed by atoms with van der Waals surface area (Å²) in [5.41, 5.74) is 3.95. The number of nitrogens with one attached hydrogen (secondary N) is 1. The van der Waals surface area contributed by atoms with E-state index in [9.17, 15) is 18.0 Å². The monoisotopic (exact) mass is 556 g/mol. The number of rotatable bonds is 7. The van der Waals surface area contributed by atoms with Crippen molar-refractivity contribution in [1.82, 2.24) is 4.57 Å². The lowest BCUT2D eigenvalue weighted by molar-refractivity contribution is 0.103. The Hall–Kier alpha value is -4.01. The second kappa shape index (κ2) is 10.3. The largest absolute Gasteiger partial charge is 0.308 e. The quantitative estimate of drug-likeness (QED) is 0.234. The van der Waals surface area contributed by atoms with Gasteiger partial charge < -0.3 is 0 Å². The van der Waals surface area contributed by atoms with E-state index in [1.165, 1.54) is 18.2 Å². The van der Waals surface area contributed by atoms with Crippen molar-refractivity contribution in [3.8, 4) is 0 Å². The number of fused-ring (bicyclic) bond motifs is 1. The third-order valence-electron chi connectivity index (χ3n) is 6.52. The molecule has 5 rings (SSSR count). The molecule has 0 saturated heterocycles. The summed E-state index contributed by atoms with van der Waals surface area (Å²) in [6.07, 6.45) is 0. The number of ketones is 1. The van der Waals surface area contributed by atoms with Gasteiger partial charge in [-0.1, -0.05) is 98.8 Å². The van der Waals surface area contributed by atoms with Gasteiger partial charge in [0.2, 0.25) is 0 Å². The van der Waals surface area contributed by atoms with E-state index in [2.05, 4.69) is 25.5 Å². The zero-order valence-corrected chi connectivity index (χ0v) is 23.5. The molecule has 0 unspecified atom stereocenters. The Morgan fingerprint density at radius 3 is 2.26 bits per heavy atom. The van der Waals surface area contributed by atoms with E-state index in [4.69, 9.17) is 0 Å². The van der Waals surface area contributed by atoms with E-state index in [1.54, 1.807) is 41.0 Å². The average molecular weight is 557 g/mol. The van der Waals surface area contributed by atoms with Crippen molar-refractivity contribution in [3.05, 3.63) is 129 Å². The maximum absolute atomic E-state index is 13.2. The van der Waals surface area contributed by atoms with Gasteiger partial charge in [-0.25, -0.2) is 8.42 Å². The van der Waals surface area contributed by atoms with Crippen LogP contribution >= 0.6 is 11.3 Å². The minimum atomic E-state index is -3.96. The number of aromatic nitrogens is 1. The van der Waals surface area contributed by atoms with Gasteiger partial charge in [0.15, 0.2) is 5.78 Å². The van der Waals surface area contributed by atoms with Gasteiger partial charge in [0.1, 0.15) is 0 Å². The summed E-state index contributed by atoms with van der Waals surface area (Å²) in [6, 6.07) is 28.2. The Kier molecular flexibility index (Phi) is 7.01. The van der Waals surface area contributed by atoms with E-state index in [0.717, 1.165) is 22.5 Å². The molecule has 0 radical (unpaired) electrons. The molecule has 198 valence electrons. The molecule has 1 N–H and O–H groups in total. The van der Waals surface area contributed by atoms with Crippen LogP contribution in [0.3, 0.4) is 0 Å². The molecule has 0 saturated carbocycles. The smallest absolute Gasteiger partial charge is 0.294 e. The lowest BCUT2D eigenvalue weighted by Gasteiger charge is -2.19. The molecule has 4 aromatic carbocycles. The third-order valence-corrected chi connectivity index (χ3v) is 8.84. The number of sulfonamides is 1. The molecule has 8 heteroatoms. The summed E-state index contributed by atoms with van der Waals surface area (Å²) < 4.78 is 31.3. The summed E-state index contributed by atoms with van der Waals surface area (Å²) in [7, 11) is -3.96. The van der Waals surface area contributed by atoms with E-state index >= 15 is 0 Å². The molecule has 6 nitrogen and oxygen atoms in total. The Balaban J connectivity index is 1.38. The predicted octanol–water partition coefficient (Wildman–Crippen LogP) is 6.44. The first-order valence-corrected chi connectivity index (χ1v) is 14.8. The molecule has 1 aromatic heterocycles. The maximum Gasteiger partial charge on any atom is 0.308 e. The third kappa shape index (κ3) is 5.72. The van der Waals surface area contributed by atoms with Crippen LogP contribution in [-0.2, 0) is 22.0 Å². The zero-order valence-electron chi connectivity index (χ0n) is 21.8. The molecule has 0 bridgehead atoms. The fraction of sp³-hybridized carbons (Fsp3) is 0.161. The summed E-state index contributed by atoms with van der Waals surface area (Å²) in [4.78, 5) is 25.6. The van der Waals surface area contributed by atoms with Crippen LogP contribution in [0.4, 0.5) is 5.69 Å². The highest BCUT2D eigenvalue weighted by molar-refractivity contribution is 7.92. The van der Waals surface area contributed by atoms with E-state index in [1.807, 2.05) is 42.5 Å². The second-order valence-corrected chi connectivity index (χ2v) is 13.1. The molecule has 39 heavy (non-hydrogen) atoms. The van der Waals surface area contributed by atoms with Crippen LogP contribution in [-0.4, -0.2) is 18.8 Å². The molecule has 1 heterocycles. The highest BCUT2D eigenvalue weighted by Crippen LogP contribution is 2.26. The number of hydrogen-bond donors (Lipinski definition) is 1. The number of nitrogens with zero attached hydrogens (tertiary/aromatic N) is 1. The molecule has 0 aliphatic rings. The first kappa shape index (κ1) is 26.6. The van der Waals surface area contributed by atoms with Crippen molar-refractivity contribution in [1.29, 1.82) is 0 Å². The molecule has 0 spiro atoms. The Bertz CT molecular complexity index is 1830. The number of carbonyl (C=O) groups is 1. The van der Waals surface area contributed by atoms with Crippen LogP contribution in [0.25, 0.3) is 10.2 Å². The maximum atomic E-state index is 13.2. The molecule has 0 atom stereocenters. The summed E-state index contributed by atoms with van der Waals surface area (Å²) in [6.45, 7) is 6.73. The first-order valence-electron chi connectivity index (χ1n) is 12.5. The molecule has 0 amide bonds. The second-order valence-electron chi connectivity index (χ2n) is 10.4. The van der Waals surface area contributed by atoms with Gasteiger partial charge in [-0.3, -0.25) is 18.9 Å². The van der Waals surface area contributed by atoms with E-state index < -0.39 is 10.0 Å². The molecular weight excluding hydrogens is 528 g/mol. The van der Waals surface area contributed by atoms with Gasteiger partial charge in [-0.05, 0) is 46.9 Å². The van der Waals surface area contributed by atoms with Crippen molar-refractivity contribution >= 4 is 43.0 Å². The van der Waals surface area contributed by atoms with Gasteiger partial charge in [0, 0.05) is 16.8 Å².